The van der Waals surface area contributed by atoms with E-state index in [0.29, 0.717) is 39.6 Å². The van der Waals surface area contributed by atoms with E-state index in [1.54, 1.807) is 24.3 Å². The van der Waals surface area contributed by atoms with Crippen LogP contribution in [0, 0.1) is 24.7 Å². The number of imide groups is 1. The fraction of sp³-hybridized carbons (Fsp3) is 0.360. The van der Waals surface area contributed by atoms with Crippen molar-refractivity contribution in [2.45, 2.75) is 33.1 Å². The molecule has 7 nitrogen and oxygen atoms in total. The molecule has 34 heavy (non-hydrogen) atoms. The van der Waals surface area contributed by atoms with Gasteiger partial charge < -0.3 is 10.1 Å². The summed E-state index contributed by atoms with van der Waals surface area (Å²) in [7, 11) is 0. The van der Waals surface area contributed by atoms with Crippen molar-refractivity contribution in [2.75, 3.05) is 16.8 Å². The minimum Gasteiger partial charge on any atom is -0.452 e. The molecular formula is C25H24BrClN2O5. The molecule has 2 aliphatic rings. The van der Waals surface area contributed by atoms with Crippen molar-refractivity contribution in [1.82, 2.24) is 0 Å². The highest BCUT2D eigenvalue weighted by Gasteiger charge is 2.50. The van der Waals surface area contributed by atoms with Crippen LogP contribution in [-0.4, -0.2) is 30.3 Å². The number of hydrogen-bond acceptors (Lipinski definition) is 5. The smallest absolute Gasteiger partial charge is 0.338 e. The van der Waals surface area contributed by atoms with Gasteiger partial charge >= 0.3 is 5.97 Å². The van der Waals surface area contributed by atoms with Gasteiger partial charge in [-0.15, -0.1) is 0 Å². The van der Waals surface area contributed by atoms with E-state index < -0.39 is 18.5 Å². The maximum atomic E-state index is 13.0. The maximum absolute atomic E-state index is 13.0. The monoisotopic (exact) mass is 546 g/mol. The Morgan fingerprint density at radius 3 is 2.65 bits per heavy atom. The number of amides is 3. The summed E-state index contributed by atoms with van der Waals surface area (Å²) in [5.74, 6) is -1.86. The summed E-state index contributed by atoms with van der Waals surface area (Å²) in [6.07, 6.45) is 2.33. The molecule has 3 atom stereocenters. The molecule has 9 heteroatoms. The second kappa shape index (κ2) is 9.88. The van der Waals surface area contributed by atoms with Gasteiger partial charge in [0.05, 0.1) is 28.1 Å². The van der Waals surface area contributed by atoms with Crippen LogP contribution in [0.2, 0.25) is 5.02 Å². The van der Waals surface area contributed by atoms with E-state index >= 15 is 0 Å². The number of ether oxygens (including phenoxy) is 1. The highest BCUT2D eigenvalue weighted by Crippen LogP contribution is 2.42. The van der Waals surface area contributed by atoms with Crippen LogP contribution in [0.1, 0.15) is 42.1 Å². The van der Waals surface area contributed by atoms with Crippen LogP contribution in [0.3, 0.4) is 0 Å². The van der Waals surface area contributed by atoms with Crippen molar-refractivity contribution in [3.8, 4) is 0 Å². The normalized spacial score (nSPS) is 21.9. The number of rotatable bonds is 5. The second-order valence-electron chi connectivity index (χ2n) is 8.90. The van der Waals surface area contributed by atoms with Crippen molar-refractivity contribution < 1.29 is 23.9 Å². The summed E-state index contributed by atoms with van der Waals surface area (Å²) in [5, 5.41) is 3.11. The van der Waals surface area contributed by atoms with Crippen LogP contribution in [0.5, 0.6) is 0 Å². The first-order valence-electron chi connectivity index (χ1n) is 11.1. The van der Waals surface area contributed by atoms with Gasteiger partial charge in [-0.1, -0.05) is 24.6 Å². The number of carbonyl (C=O) groups excluding carboxylic acids is 4. The largest absolute Gasteiger partial charge is 0.452 e. The zero-order valence-corrected chi connectivity index (χ0v) is 21.1. The Bertz CT molecular complexity index is 1180. The van der Waals surface area contributed by atoms with Gasteiger partial charge in [0.1, 0.15) is 0 Å². The molecular weight excluding hydrogens is 524 g/mol. The van der Waals surface area contributed by atoms with Gasteiger partial charge in [-0.25, -0.2) is 4.79 Å². The lowest BCUT2D eigenvalue weighted by molar-refractivity contribution is -0.122. The third kappa shape index (κ3) is 4.88. The van der Waals surface area contributed by atoms with Crippen molar-refractivity contribution in [3.63, 3.8) is 0 Å². The highest BCUT2D eigenvalue weighted by molar-refractivity contribution is 9.10. The van der Waals surface area contributed by atoms with Crippen molar-refractivity contribution in [1.29, 1.82) is 0 Å². The lowest BCUT2D eigenvalue weighted by Gasteiger charge is -2.25. The van der Waals surface area contributed by atoms with Crippen LogP contribution in [0.25, 0.3) is 0 Å². The molecule has 4 rings (SSSR count). The van der Waals surface area contributed by atoms with E-state index in [1.807, 2.05) is 6.92 Å². The van der Waals surface area contributed by atoms with Crippen molar-refractivity contribution in [3.05, 3.63) is 57.0 Å². The van der Waals surface area contributed by atoms with Gasteiger partial charge in [0.15, 0.2) is 6.61 Å². The third-order valence-electron chi connectivity index (χ3n) is 6.40. The summed E-state index contributed by atoms with van der Waals surface area (Å²) in [6.45, 7) is 3.40. The Labute approximate surface area is 210 Å². The molecule has 0 bridgehead atoms. The van der Waals surface area contributed by atoms with E-state index in [9.17, 15) is 19.2 Å². The quantitative estimate of drug-likeness (QED) is 0.414. The Morgan fingerprint density at radius 2 is 1.88 bits per heavy atom. The number of fused-ring (bicyclic) bond motifs is 1. The molecule has 1 heterocycles. The Hall–Kier alpha value is -2.71. The highest BCUT2D eigenvalue weighted by atomic mass is 79.9. The molecule has 1 saturated heterocycles. The molecule has 2 aromatic rings. The van der Waals surface area contributed by atoms with E-state index in [0.717, 1.165) is 12.0 Å². The number of hydrogen-bond donors (Lipinski definition) is 1. The Kier molecular flexibility index (Phi) is 7.09. The molecule has 1 aliphatic carbocycles. The molecule has 2 fully saturated rings. The third-order valence-corrected chi connectivity index (χ3v) is 7.60. The number of anilines is 2. The van der Waals surface area contributed by atoms with E-state index in [1.165, 1.54) is 17.0 Å². The van der Waals surface area contributed by atoms with Gasteiger partial charge in [-0.3, -0.25) is 19.3 Å². The zero-order valence-electron chi connectivity index (χ0n) is 18.8. The number of benzene rings is 2. The van der Waals surface area contributed by atoms with Crippen LogP contribution in [0.4, 0.5) is 11.4 Å². The fourth-order valence-electron chi connectivity index (χ4n) is 4.60. The first-order valence-corrected chi connectivity index (χ1v) is 12.2. The number of nitrogens with zero attached hydrogens (tertiary/aromatic N) is 1. The Balaban J connectivity index is 1.41. The number of aryl methyl sites for hydroxylation is 1. The average Bonchev–Trinajstić information content (AvgIpc) is 3.05. The average molecular weight is 548 g/mol. The summed E-state index contributed by atoms with van der Waals surface area (Å²) < 4.78 is 5.86. The van der Waals surface area contributed by atoms with Gasteiger partial charge in [0, 0.05) is 10.2 Å². The predicted octanol–water partition coefficient (Wildman–Crippen LogP) is 5.13. The predicted molar refractivity (Wildman–Crippen MR) is 132 cm³/mol. The van der Waals surface area contributed by atoms with Crippen LogP contribution < -0.4 is 10.2 Å². The van der Waals surface area contributed by atoms with E-state index in [2.05, 4.69) is 28.2 Å². The standard InChI is InChI=1S/C25H24BrClN2O5/c1-13-6-7-17-18(8-13)24(32)29(23(17)31)16-5-3-4-15(10-16)25(33)34-12-22(30)28-21-11-20(27)19(26)9-14(21)2/h3-5,9-11,13,17-18H,6-8,12H2,1-2H3,(H,28,30)/t13-,17+,18-/m0/s1. The first-order chi connectivity index (χ1) is 16.2. The van der Waals surface area contributed by atoms with Crippen molar-refractivity contribution in [2.24, 2.45) is 17.8 Å². The molecule has 1 N–H and O–H groups in total. The molecule has 0 spiro atoms. The molecule has 0 unspecified atom stereocenters. The second-order valence-corrected chi connectivity index (χ2v) is 10.2. The molecule has 1 aliphatic heterocycles. The van der Waals surface area contributed by atoms with Crippen LogP contribution in [0.15, 0.2) is 40.9 Å². The number of carbonyl (C=O) groups is 4. The minimum atomic E-state index is -0.729. The van der Waals surface area contributed by atoms with E-state index in [4.69, 9.17) is 16.3 Å². The van der Waals surface area contributed by atoms with Gasteiger partial charge in [-0.2, -0.15) is 0 Å². The summed E-state index contributed by atoms with van der Waals surface area (Å²) in [6, 6.07) is 9.56. The minimum absolute atomic E-state index is 0.150. The molecule has 178 valence electrons. The van der Waals surface area contributed by atoms with Crippen molar-refractivity contribution >= 4 is 62.6 Å². The lowest BCUT2D eigenvalue weighted by atomic mass is 9.76. The topological polar surface area (TPSA) is 92.8 Å². The molecule has 3 amide bonds. The van der Waals surface area contributed by atoms with Gasteiger partial charge in [0.25, 0.3) is 5.91 Å². The van der Waals surface area contributed by atoms with Crippen LogP contribution >= 0.6 is 27.5 Å². The maximum Gasteiger partial charge on any atom is 0.338 e. The summed E-state index contributed by atoms with van der Waals surface area (Å²) >= 11 is 9.40. The molecule has 0 radical (unpaired) electrons. The zero-order chi connectivity index (χ0) is 24.6. The number of nitrogens with one attached hydrogen (secondary N) is 1. The number of esters is 1. The molecule has 0 aromatic heterocycles. The number of halogens is 2. The SMILES string of the molecule is Cc1cc(Br)c(Cl)cc1NC(=O)COC(=O)c1cccc(N2C(=O)[C@H]3C[C@@H](C)CC[C@H]3C2=O)c1. The summed E-state index contributed by atoms with van der Waals surface area (Å²) in [4.78, 5) is 51.9. The van der Waals surface area contributed by atoms with Gasteiger partial charge in [-0.05, 0) is 83.9 Å². The van der Waals surface area contributed by atoms with Gasteiger partial charge in [0.2, 0.25) is 11.8 Å². The summed E-state index contributed by atoms with van der Waals surface area (Å²) in [5.41, 5.74) is 1.80. The fourth-order valence-corrected chi connectivity index (χ4v) is 5.22. The van der Waals surface area contributed by atoms with E-state index in [-0.39, 0.29) is 29.2 Å². The Morgan fingerprint density at radius 1 is 1.15 bits per heavy atom. The van der Waals surface area contributed by atoms with Crippen LogP contribution in [-0.2, 0) is 19.1 Å². The molecule has 2 aromatic carbocycles. The first kappa shape index (κ1) is 24.4. The molecule has 1 saturated carbocycles. The lowest BCUT2D eigenvalue weighted by Crippen LogP contribution is -2.31.